The van der Waals surface area contributed by atoms with Crippen molar-refractivity contribution >= 4 is 28.6 Å². The Morgan fingerprint density at radius 2 is 1.86 bits per heavy atom. The second kappa shape index (κ2) is 8.22. The standard InChI is InChI=1S/C20H19N3O5S/c24-19(29-17-9-6-15(7-10-17)23(26)27)18-11-8-16-12-21(18)20(25)22(16)28-13-14-4-2-1-3-5-14/h1-7,9-10,16,18H,8,11-13H2/t16-,18+/m1/s1. The molecule has 0 unspecified atom stereocenters. The highest BCUT2D eigenvalue weighted by atomic mass is 32.2. The van der Waals surface area contributed by atoms with Crippen LogP contribution < -0.4 is 0 Å². The molecule has 0 radical (unpaired) electrons. The number of hydroxylamine groups is 2. The predicted octanol–water partition coefficient (Wildman–Crippen LogP) is 3.61. The van der Waals surface area contributed by atoms with Crippen LogP contribution in [-0.4, -0.2) is 44.7 Å². The quantitative estimate of drug-likeness (QED) is 0.408. The van der Waals surface area contributed by atoms with E-state index in [1.165, 1.54) is 17.2 Å². The van der Waals surface area contributed by atoms with Gasteiger partial charge in [-0.1, -0.05) is 30.3 Å². The summed E-state index contributed by atoms with van der Waals surface area (Å²) in [5.41, 5.74) is 0.946. The number of fused-ring (bicyclic) bond motifs is 2. The minimum Gasteiger partial charge on any atom is -0.310 e. The second-order valence-corrected chi connectivity index (χ2v) is 8.02. The van der Waals surface area contributed by atoms with Gasteiger partial charge in [-0.3, -0.25) is 19.7 Å². The zero-order valence-corrected chi connectivity index (χ0v) is 16.3. The first-order chi connectivity index (χ1) is 14.0. The molecule has 2 fully saturated rings. The molecule has 0 N–H and O–H groups in total. The van der Waals surface area contributed by atoms with Crippen molar-refractivity contribution in [3.05, 3.63) is 70.3 Å². The van der Waals surface area contributed by atoms with Crippen LogP contribution >= 0.6 is 11.8 Å². The SMILES string of the molecule is O=C(Sc1ccc([N+](=O)[O-])cc1)[C@@H]1CC[C@@H]2CN1C(=O)N2OCc1ccccc1. The second-order valence-electron chi connectivity index (χ2n) is 6.94. The lowest BCUT2D eigenvalue weighted by atomic mass is 10.0. The molecule has 4 rings (SSSR count). The number of carbonyl (C=O) groups excluding carboxylic acids is 2. The fourth-order valence-electron chi connectivity index (χ4n) is 3.58. The number of carbonyl (C=O) groups is 2. The lowest BCUT2D eigenvalue weighted by Gasteiger charge is -2.28. The summed E-state index contributed by atoms with van der Waals surface area (Å²) < 4.78 is 0. The van der Waals surface area contributed by atoms with Crippen molar-refractivity contribution in [2.24, 2.45) is 0 Å². The average Bonchev–Trinajstić information content (AvgIpc) is 2.97. The van der Waals surface area contributed by atoms with E-state index in [1.807, 2.05) is 30.3 Å². The average molecular weight is 413 g/mol. The Bertz CT molecular complexity index is 921. The molecule has 0 aliphatic carbocycles. The van der Waals surface area contributed by atoms with Crippen LogP contribution in [0.2, 0.25) is 0 Å². The molecular formula is C20H19N3O5S. The van der Waals surface area contributed by atoms with E-state index in [1.54, 1.807) is 17.0 Å². The summed E-state index contributed by atoms with van der Waals surface area (Å²) in [4.78, 5) is 43.8. The molecule has 2 saturated heterocycles. The molecule has 0 aromatic heterocycles. The number of nitro benzene ring substituents is 1. The zero-order chi connectivity index (χ0) is 20.4. The van der Waals surface area contributed by atoms with E-state index in [2.05, 4.69) is 0 Å². The van der Waals surface area contributed by atoms with E-state index in [0.29, 0.717) is 30.9 Å². The topological polar surface area (TPSA) is 93.0 Å². The number of thioether (sulfide) groups is 1. The van der Waals surface area contributed by atoms with Crippen LogP contribution in [0.3, 0.4) is 0 Å². The van der Waals surface area contributed by atoms with Gasteiger partial charge in [-0.05, 0) is 42.3 Å². The Morgan fingerprint density at radius 1 is 1.14 bits per heavy atom. The van der Waals surface area contributed by atoms with Gasteiger partial charge in [0.05, 0.1) is 11.0 Å². The van der Waals surface area contributed by atoms with E-state index < -0.39 is 11.0 Å². The van der Waals surface area contributed by atoms with Gasteiger partial charge in [0.1, 0.15) is 12.6 Å². The lowest BCUT2D eigenvalue weighted by molar-refractivity contribution is -0.384. The summed E-state index contributed by atoms with van der Waals surface area (Å²) in [7, 11) is 0. The highest BCUT2D eigenvalue weighted by molar-refractivity contribution is 8.13. The Hall–Kier alpha value is -2.91. The van der Waals surface area contributed by atoms with Crippen molar-refractivity contribution < 1.29 is 19.3 Å². The number of benzene rings is 2. The maximum atomic E-state index is 12.8. The molecule has 2 aliphatic heterocycles. The number of amides is 2. The molecule has 2 aromatic rings. The maximum Gasteiger partial charge on any atom is 0.344 e. The molecule has 8 nitrogen and oxygen atoms in total. The molecule has 2 bridgehead atoms. The van der Waals surface area contributed by atoms with E-state index in [-0.39, 0.29) is 22.9 Å². The molecule has 29 heavy (non-hydrogen) atoms. The zero-order valence-electron chi connectivity index (χ0n) is 15.5. The summed E-state index contributed by atoms with van der Waals surface area (Å²) >= 11 is 1.01. The third-order valence-corrected chi connectivity index (χ3v) is 6.06. The summed E-state index contributed by atoms with van der Waals surface area (Å²) in [5.74, 6) is 0. The van der Waals surface area contributed by atoms with Gasteiger partial charge in [0.15, 0.2) is 0 Å². The molecule has 2 atom stereocenters. The molecular weight excluding hydrogens is 394 g/mol. The minimum atomic E-state index is -0.524. The number of hydrogen-bond donors (Lipinski definition) is 0. The largest absolute Gasteiger partial charge is 0.344 e. The van der Waals surface area contributed by atoms with Crippen molar-refractivity contribution in [2.75, 3.05) is 6.54 Å². The monoisotopic (exact) mass is 413 g/mol. The molecule has 150 valence electrons. The van der Waals surface area contributed by atoms with Crippen molar-refractivity contribution in [2.45, 2.75) is 36.4 Å². The number of piperidine rings is 1. The van der Waals surface area contributed by atoms with Crippen molar-refractivity contribution in [1.29, 1.82) is 0 Å². The third kappa shape index (κ3) is 4.10. The van der Waals surface area contributed by atoms with Crippen LogP contribution in [0, 0.1) is 10.1 Å². The first kappa shape index (κ1) is 19.4. The van der Waals surface area contributed by atoms with Crippen molar-refractivity contribution in [3.8, 4) is 0 Å². The molecule has 2 aliphatic rings. The Balaban J connectivity index is 1.38. The molecule has 0 spiro atoms. The molecule has 2 amide bonds. The van der Waals surface area contributed by atoms with Crippen LogP contribution in [0.1, 0.15) is 18.4 Å². The number of urea groups is 1. The van der Waals surface area contributed by atoms with Crippen molar-refractivity contribution in [1.82, 2.24) is 9.96 Å². The van der Waals surface area contributed by atoms with Gasteiger partial charge < -0.3 is 4.90 Å². The lowest BCUT2D eigenvalue weighted by Crippen LogP contribution is -2.44. The van der Waals surface area contributed by atoms with Gasteiger partial charge in [0, 0.05) is 23.6 Å². The van der Waals surface area contributed by atoms with Crippen LogP contribution in [0.5, 0.6) is 0 Å². The van der Waals surface area contributed by atoms with Crippen LogP contribution in [0.4, 0.5) is 10.5 Å². The van der Waals surface area contributed by atoms with E-state index >= 15 is 0 Å². The fraction of sp³-hybridized carbons (Fsp3) is 0.300. The third-order valence-electron chi connectivity index (χ3n) is 5.07. The summed E-state index contributed by atoms with van der Waals surface area (Å²) in [6, 6.07) is 14.6. The molecule has 9 heteroatoms. The van der Waals surface area contributed by atoms with Gasteiger partial charge >= 0.3 is 6.03 Å². The fourth-order valence-corrected chi connectivity index (χ4v) is 4.47. The van der Waals surface area contributed by atoms with Gasteiger partial charge in [0.2, 0.25) is 5.12 Å². The molecule has 2 aromatic carbocycles. The number of rotatable bonds is 6. The smallest absolute Gasteiger partial charge is 0.310 e. The predicted molar refractivity (Wildman–Crippen MR) is 106 cm³/mol. The Kier molecular flexibility index (Phi) is 5.50. The summed E-state index contributed by atoms with van der Waals surface area (Å²) in [6.07, 6.45) is 1.26. The summed E-state index contributed by atoms with van der Waals surface area (Å²) in [5, 5.41) is 12.0. The normalized spacial score (nSPS) is 20.8. The highest BCUT2D eigenvalue weighted by Gasteiger charge is 2.47. The molecule has 2 heterocycles. The highest BCUT2D eigenvalue weighted by Crippen LogP contribution is 2.34. The minimum absolute atomic E-state index is 0.0248. The van der Waals surface area contributed by atoms with Gasteiger partial charge in [-0.25, -0.2) is 4.79 Å². The molecule has 0 saturated carbocycles. The van der Waals surface area contributed by atoms with E-state index in [0.717, 1.165) is 17.3 Å². The first-order valence-corrected chi connectivity index (χ1v) is 10.1. The van der Waals surface area contributed by atoms with E-state index in [9.17, 15) is 19.7 Å². The number of non-ortho nitro benzene ring substituents is 1. The number of hydrogen-bond acceptors (Lipinski definition) is 6. The van der Waals surface area contributed by atoms with Gasteiger partial charge in [0.25, 0.3) is 5.69 Å². The van der Waals surface area contributed by atoms with Crippen LogP contribution in [0.25, 0.3) is 0 Å². The van der Waals surface area contributed by atoms with E-state index in [4.69, 9.17) is 4.84 Å². The van der Waals surface area contributed by atoms with Crippen LogP contribution in [0.15, 0.2) is 59.5 Å². The Labute approximate surface area is 171 Å². The maximum absolute atomic E-state index is 12.8. The van der Waals surface area contributed by atoms with Crippen LogP contribution in [-0.2, 0) is 16.2 Å². The van der Waals surface area contributed by atoms with Gasteiger partial charge in [-0.15, -0.1) is 0 Å². The first-order valence-electron chi connectivity index (χ1n) is 9.26. The number of nitro groups is 1. The Morgan fingerprint density at radius 3 is 2.55 bits per heavy atom. The summed E-state index contributed by atoms with van der Waals surface area (Å²) in [6.45, 7) is 0.762. The van der Waals surface area contributed by atoms with Crippen molar-refractivity contribution in [3.63, 3.8) is 0 Å². The number of nitrogens with zero attached hydrogens (tertiary/aromatic N) is 3. The van der Waals surface area contributed by atoms with Gasteiger partial charge in [-0.2, -0.15) is 5.06 Å².